The van der Waals surface area contributed by atoms with Crippen molar-refractivity contribution in [3.05, 3.63) is 0 Å². The maximum atomic E-state index is 10.7. The number of carboxylic acids is 1. The molecule has 0 bridgehead atoms. The molecule has 0 spiro atoms. The zero-order chi connectivity index (χ0) is 10.6. The van der Waals surface area contributed by atoms with Crippen LogP contribution in [0.3, 0.4) is 0 Å². The van der Waals surface area contributed by atoms with E-state index in [0.29, 0.717) is 6.42 Å². The van der Waals surface area contributed by atoms with Crippen molar-refractivity contribution in [2.45, 2.75) is 32.6 Å². The Kier molecular flexibility index (Phi) is 4.22. The van der Waals surface area contributed by atoms with Gasteiger partial charge in [-0.15, -0.1) is 11.6 Å². The van der Waals surface area contributed by atoms with Crippen molar-refractivity contribution in [1.29, 1.82) is 5.26 Å². The average molecular weight is 204 g/mol. The van der Waals surface area contributed by atoms with Crippen LogP contribution in [0.2, 0.25) is 0 Å². The normalized spacial score (nSPS) is 15.9. The molecule has 0 saturated heterocycles. The Morgan fingerprint density at radius 3 is 2.38 bits per heavy atom. The van der Waals surface area contributed by atoms with E-state index in [9.17, 15) is 4.79 Å². The highest BCUT2D eigenvalue weighted by molar-refractivity contribution is 6.21. The summed E-state index contributed by atoms with van der Waals surface area (Å²) < 4.78 is 0. The second kappa shape index (κ2) is 4.48. The summed E-state index contributed by atoms with van der Waals surface area (Å²) in [7, 11) is 0. The van der Waals surface area contributed by atoms with Gasteiger partial charge in [0.25, 0.3) is 0 Å². The van der Waals surface area contributed by atoms with Gasteiger partial charge in [-0.2, -0.15) is 5.26 Å². The molecule has 4 heteroatoms. The van der Waals surface area contributed by atoms with E-state index < -0.39 is 17.3 Å². The maximum Gasteiger partial charge on any atom is 0.321 e. The zero-order valence-electron chi connectivity index (χ0n) is 8.04. The van der Waals surface area contributed by atoms with Crippen LogP contribution < -0.4 is 0 Å². The standard InChI is InChI=1S/C9H14ClNO2/c1-4-7(10)9(2,3)6(5-11)8(12)13/h6-7H,4H2,1-3H3,(H,12,13). The van der Waals surface area contributed by atoms with Crippen molar-refractivity contribution in [2.75, 3.05) is 0 Å². The quantitative estimate of drug-likeness (QED) is 0.713. The monoisotopic (exact) mass is 203 g/mol. The zero-order valence-corrected chi connectivity index (χ0v) is 8.80. The molecule has 0 aliphatic heterocycles. The van der Waals surface area contributed by atoms with Crippen LogP contribution in [0.15, 0.2) is 0 Å². The molecule has 0 heterocycles. The SMILES string of the molecule is CCC(Cl)C(C)(C)C(C#N)C(=O)O. The molecule has 0 aliphatic rings. The fourth-order valence-electron chi connectivity index (χ4n) is 1.25. The van der Waals surface area contributed by atoms with Crippen LogP contribution in [0, 0.1) is 22.7 Å². The first-order chi connectivity index (χ1) is 5.87. The molecule has 0 aromatic carbocycles. The summed E-state index contributed by atoms with van der Waals surface area (Å²) in [5.41, 5.74) is -0.698. The average Bonchev–Trinajstić information content (AvgIpc) is 2.02. The Bertz CT molecular complexity index is 232. The van der Waals surface area contributed by atoms with E-state index in [1.165, 1.54) is 0 Å². The highest BCUT2D eigenvalue weighted by Crippen LogP contribution is 2.35. The van der Waals surface area contributed by atoms with Crippen molar-refractivity contribution in [1.82, 2.24) is 0 Å². The summed E-state index contributed by atoms with van der Waals surface area (Å²) in [5.74, 6) is -2.15. The van der Waals surface area contributed by atoms with Gasteiger partial charge in [0, 0.05) is 10.8 Å². The number of aliphatic carboxylic acids is 1. The summed E-state index contributed by atoms with van der Waals surface area (Å²) in [6.45, 7) is 5.28. The van der Waals surface area contributed by atoms with E-state index in [0.717, 1.165) is 0 Å². The first-order valence-electron chi connectivity index (χ1n) is 4.14. The van der Waals surface area contributed by atoms with E-state index in [1.54, 1.807) is 19.9 Å². The van der Waals surface area contributed by atoms with Crippen molar-refractivity contribution < 1.29 is 9.90 Å². The number of nitrogens with zero attached hydrogens (tertiary/aromatic N) is 1. The third kappa shape index (κ3) is 2.60. The van der Waals surface area contributed by atoms with Gasteiger partial charge < -0.3 is 5.11 Å². The number of halogens is 1. The van der Waals surface area contributed by atoms with Gasteiger partial charge in [0.1, 0.15) is 5.92 Å². The molecule has 0 aromatic rings. The first-order valence-corrected chi connectivity index (χ1v) is 4.58. The molecule has 0 fully saturated rings. The molecular weight excluding hydrogens is 190 g/mol. The lowest BCUT2D eigenvalue weighted by molar-refractivity contribution is -0.143. The Labute approximate surface area is 83.3 Å². The third-order valence-electron chi connectivity index (χ3n) is 2.29. The van der Waals surface area contributed by atoms with Gasteiger partial charge in [0.15, 0.2) is 0 Å². The molecule has 0 radical (unpaired) electrons. The van der Waals surface area contributed by atoms with Gasteiger partial charge in [-0.25, -0.2) is 0 Å². The van der Waals surface area contributed by atoms with E-state index in [1.807, 2.05) is 6.92 Å². The van der Waals surface area contributed by atoms with Gasteiger partial charge in [-0.05, 0) is 6.42 Å². The summed E-state index contributed by atoms with van der Waals surface area (Å²) in [6, 6.07) is 1.77. The molecule has 1 N–H and O–H groups in total. The predicted octanol–water partition coefficient (Wildman–Crippen LogP) is 2.25. The summed E-state index contributed by atoms with van der Waals surface area (Å²) in [4.78, 5) is 10.7. The molecule has 0 amide bonds. The van der Waals surface area contributed by atoms with Crippen LogP contribution in [0.5, 0.6) is 0 Å². The molecule has 0 saturated carbocycles. The van der Waals surface area contributed by atoms with Crippen LogP contribution in [-0.4, -0.2) is 16.5 Å². The van der Waals surface area contributed by atoms with Gasteiger partial charge >= 0.3 is 5.97 Å². The van der Waals surface area contributed by atoms with Gasteiger partial charge in [-0.1, -0.05) is 20.8 Å². The van der Waals surface area contributed by atoms with E-state index >= 15 is 0 Å². The Morgan fingerprint density at radius 2 is 2.15 bits per heavy atom. The lowest BCUT2D eigenvalue weighted by atomic mass is 9.76. The molecule has 3 nitrogen and oxygen atoms in total. The van der Waals surface area contributed by atoms with E-state index in [4.69, 9.17) is 22.0 Å². The van der Waals surface area contributed by atoms with Crippen LogP contribution in [-0.2, 0) is 4.79 Å². The highest BCUT2D eigenvalue weighted by atomic mass is 35.5. The molecule has 2 unspecified atom stereocenters. The van der Waals surface area contributed by atoms with E-state index in [2.05, 4.69) is 0 Å². The van der Waals surface area contributed by atoms with Crippen molar-refractivity contribution in [3.63, 3.8) is 0 Å². The van der Waals surface area contributed by atoms with Crippen molar-refractivity contribution in [2.24, 2.45) is 11.3 Å². The number of hydrogen-bond donors (Lipinski definition) is 1. The minimum absolute atomic E-state index is 0.298. The summed E-state index contributed by atoms with van der Waals surface area (Å²) >= 11 is 5.96. The van der Waals surface area contributed by atoms with Gasteiger partial charge in [-0.3, -0.25) is 4.79 Å². The molecule has 0 aliphatic carbocycles. The molecule has 74 valence electrons. The minimum Gasteiger partial charge on any atom is -0.480 e. The smallest absolute Gasteiger partial charge is 0.321 e. The summed E-state index contributed by atoms with van der Waals surface area (Å²) in [6.07, 6.45) is 0.653. The lowest BCUT2D eigenvalue weighted by Gasteiger charge is -2.31. The summed E-state index contributed by atoms with van der Waals surface area (Å²) in [5, 5.41) is 17.2. The number of carbonyl (C=O) groups is 1. The maximum absolute atomic E-state index is 10.7. The minimum atomic E-state index is -1.10. The topological polar surface area (TPSA) is 61.1 Å². The number of nitriles is 1. The Hall–Kier alpha value is -0.750. The molecule has 0 rings (SSSR count). The molecular formula is C9H14ClNO2. The van der Waals surface area contributed by atoms with Gasteiger partial charge in [0.2, 0.25) is 0 Å². The van der Waals surface area contributed by atoms with Crippen molar-refractivity contribution in [3.8, 4) is 6.07 Å². The number of carboxylic acid groups (broad SMARTS) is 1. The van der Waals surface area contributed by atoms with E-state index in [-0.39, 0.29) is 5.38 Å². The number of rotatable bonds is 4. The van der Waals surface area contributed by atoms with Crippen LogP contribution in [0.1, 0.15) is 27.2 Å². The second-order valence-corrected chi connectivity index (χ2v) is 4.12. The second-order valence-electron chi connectivity index (χ2n) is 3.60. The molecule has 13 heavy (non-hydrogen) atoms. The predicted molar refractivity (Wildman–Crippen MR) is 50.5 cm³/mol. The molecule has 0 aromatic heterocycles. The Morgan fingerprint density at radius 1 is 1.69 bits per heavy atom. The fourth-order valence-corrected chi connectivity index (χ4v) is 1.37. The third-order valence-corrected chi connectivity index (χ3v) is 3.16. The fraction of sp³-hybridized carbons (Fsp3) is 0.778. The van der Waals surface area contributed by atoms with Crippen LogP contribution in [0.25, 0.3) is 0 Å². The van der Waals surface area contributed by atoms with Crippen molar-refractivity contribution >= 4 is 17.6 Å². The van der Waals surface area contributed by atoms with Gasteiger partial charge in [0.05, 0.1) is 6.07 Å². The highest BCUT2D eigenvalue weighted by Gasteiger charge is 2.40. The Balaban J connectivity index is 4.79. The molecule has 2 atom stereocenters. The number of alkyl halides is 1. The largest absolute Gasteiger partial charge is 0.480 e. The number of hydrogen-bond acceptors (Lipinski definition) is 2. The van der Waals surface area contributed by atoms with Crippen LogP contribution in [0.4, 0.5) is 0 Å². The van der Waals surface area contributed by atoms with Crippen LogP contribution >= 0.6 is 11.6 Å². The first kappa shape index (κ1) is 12.2. The lowest BCUT2D eigenvalue weighted by Crippen LogP contribution is -2.37.